The third-order valence-corrected chi connectivity index (χ3v) is 3.47. The van der Waals surface area contributed by atoms with Crippen LogP contribution in [0.5, 0.6) is 5.75 Å². The molecule has 3 rings (SSSR count). The van der Waals surface area contributed by atoms with Crippen LogP contribution in [-0.2, 0) is 6.61 Å². The van der Waals surface area contributed by atoms with Gasteiger partial charge in [0.05, 0.1) is 0 Å². The molecule has 4 heteroatoms. The average Bonchev–Trinajstić information content (AvgIpc) is 2.53. The smallest absolute Gasteiger partial charge is 0.123 e. The summed E-state index contributed by atoms with van der Waals surface area (Å²) in [5.74, 6) is 0.506. The van der Waals surface area contributed by atoms with E-state index < -0.39 is 0 Å². The van der Waals surface area contributed by atoms with E-state index in [0.717, 1.165) is 22.4 Å². The summed E-state index contributed by atoms with van der Waals surface area (Å²) in [5.41, 5.74) is 15.6. The SMILES string of the molecule is Nc1cc(N)cc(COc2ccc(-c3ccc(F)cc3)cc2)c1. The van der Waals surface area contributed by atoms with Gasteiger partial charge < -0.3 is 16.2 Å². The fraction of sp³-hybridized carbons (Fsp3) is 0.0526. The molecule has 0 heterocycles. The van der Waals surface area contributed by atoms with Crippen LogP contribution < -0.4 is 16.2 Å². The van der Waals surface area contributed by atoms with Crippen LogP contribution >= 0.6 is 0 Å². The van der Waals surface area contributed by atoms with Gasteiger partial charge in [-0.3, -0.25) is 0 Å². The monoisotopic (exact) mass is 308 g/mol. The number of nitrogen functional groups attached to an aromatic ring is 2. The maximum Gasteiger partial charge on any atom is 0.123 e. The van der Waals surface area contributed by atoms with Crippen molar-refractivity contribution < 1.29 is 9.13 Å². The summed E-state index contributed by atoms with van der Waals surface area (Å²) in [6.07, 6.45) is 0. The van der Waals surface area contributed by atoms with E-state index in [9.17, 15) is 4.39 Å². The fourth-order valence-corrected chi connectivity index (χ4v) is 2.38. The molecule has 0 amide bonds. The Morgan fingerprint density at radius 1 is 0.739 bits per heavy atom. The molecule has 0 aliphatic heterocycles. The number of halogens is 1. The largest absolute Gasteiger partial charge is 0.489 e. The van der Waals surface area contributed by atoms with Crippen molar-refractivity contribution in [1.82, 2.24) is 0 Å². The summed E-state index contributed by atoms with van der Waals surface area (Å²) in [6.45, 7) is 0.394. The molecule has 0 saturated heterocycles. The summed E-state index contributed by atoms with van der Waals surface area (Å²) >= 11 is 0. The molecule has 0 spiro atoms. The Hall–Kier alpha value is -3.01. The number of rotatable bonds is 4. The van der Waals surface area contributed by atoms with Crippen molar-refractivity contribution in [2.45, 2.75) is 6.61 Å². The fourth-order valence-electron chi connectivity index (χ4n) is 2.38. The lowest BCUT2D eigenvalue weighted by atomic mass is 10.1. The molecule has 0 unspecified atom stereocenters. The minimum absolute atomic E-state index is 0.241. The molecule has 3 aromatic carbocycles. The van der Waals surface area contributed by atoms with Crippen LogP contribution in [0.15, 0.2) is 66.7 Å². The molecule has 0 radical (unpaired) electrons. The second kappa shape index (κ2) is 6.40. The van der Waals surface area contributed by atoms with Gasteiger partial charge in [-0.1, -0.05) is 24.3 Å². The summed E-state index contributed by atoms with van der Waals surface area (Å²) in [6, 6.07) is 19.4. The zero-order chi connectivity index (χ0) is 16.2. The Bertz CT molecular complexity index is 778. The summed E-state index contributed by atoms with van der Waals surface area (Å²) in [4.78, 5) is 0. The lowest BCUT2D eigenvalue weighted by molar-refractivity contribution is 0.306. The molecular weight excluding hydrogens is 291 g/mol. The summed E-state index contributed by atoms with van der Waals surface area (Å²) < 4.78 is 18.7. The highest BCUT2D eigenvalue weighted by Crippen LogP contribution is 2.23. The van der Waals surface area contributed by atoms with Gasteiger partial charge in [0.25, 0.3) is 0 Å². The van der Waals surface area contributed by atoms with Crippen LogP contribution in [0, 0.1) is 5.82 Å². The van der Waals surface area contributed by atoms with Gasteiger partial charge in [-0.05, 0) is 59.2 Å². The molecule has 116 valence electrons. The van der Waals surface area contributed by atoms with Crippen LogP contribution in [0.1, 0.15) is 5.56 Å². The van der Waals surface area contributed by atoms with Crippen LogP contribution in [0.2, 0.25) is 0 Å². The highest BCUT2D eigenvalue weighted by molar-refractivity contribution is 5.64. The van der Waals surface area contributed by atoms with Crippen LogP contribution in [0.3, 0.4) is 0 Å². The van der Waals surface area contributed by atoms with E-state index >= 15 is 0 Å². The first kappa shape index (κ1) is 14.9. The number of hydrogen-bond donors (Lipinski definition) is 2. The van der Waals surface area contributed by atoms with Gasteiger partial charge in [-0.2, -0.15) is 0 Å². The zero-order valence-electron chi connectivity index (χ0n) is 12.5. The van der Waals surface area contributed by atoms with Gasteiger partial charge in [-0.15, -0.1) is 0 Å². The number of anilines is 2. The van der Waals surface area contributed by atoms with E-state index in [1.165, 1.54) is 12.1 Å². The second-order valence-corrected chi connectivity index (χ2v) is 5.33. The van der Waals surface area contributed by atoms with Crippen molar-refractivity contribution in [3.8, 4) is 16.9 Å². The molecule has 0 aromatic heterocycles. The molecule has 0 bridgehead atoms. The molecule has 0 saturated carbocycles. The lowest BCUT2D eigenvalue weighted by Gasteiger charge is -2.09. The molecule has 3 nitrogen and oxygen atoms in total. The second-order valence-electron chi connectivity index (χ2n) is 5.33. The quantitative estimate of drug-likeness (QED) is 0.709. The molecule has 0 fully saturated rings. The van der Waals surface area contributed by atoms with Gasteiger partial charge in [0, 0.05) is 11.4 Å². The molecule has 23 heavy (non-hydrogen) atoms. The maximum absolute atomic E-state index is 12.9. The predicted molar refractivity (Wildman–Crippen MR) is 91.4 cm³/mol. The third-order valence-electron chi connectivity index (χ3n) is 3.47. The highest BCUT2D eigenvalue weighted by atomic mass is 19.1. The first-order valence-electron chi connectivity index (χ1n) is 7.24. The first-order chi connectivity index (χ1) is 11.1. The van der Waals surface area contributed by atoms with E-state index in [2.05, 4.69) is 0 Å². The Morgan fingerprint density at radius 2 is 1.26 bits per heavy atom. The van der Waals surface area contributed by atoms with Crippen molar-refractivity contribution in [1.29, 1.82) is 0 Å². The number of ether oxygens (including phenoxy) is 1. The van der Waals surface area contributed by atoms with Crippen molar-refractivity contribution in [3.63, 3.8) is 0 Å². The van der Waals surface area contributed by atoms with E-state index in [4.69, 9.17) is 16.2 Å². The van der Waals surface area contributed by atoms with Gasteiger partial charge >= 0.3 is 0 Å². The van der Waals surface area contributed by atoms with Gasteiger partial charge in [0.1, 0.15) is 18.2 Å². The van der Waals surface area contributed by atoms with Gasteiger partial charge in [-0.25, -0.2) is 4.39 Å². The molecular formula is C19H17FN2O. The molecule has 3 aromatic rings. The Kier molecular flexibility index (Phi) is 4.15. The number of nitrogens with two attached hydrogens (primary N) is 2. The Balaban J connectivity index is 1.69. The Labute approximate surface area is 134 Å². The Morgan fingerprint density at radius 3 is 1.83 bits per heavy atom. The molecule has 4 N–H and O–H groups in total. The van der Waals surface area contributed by atoms with Crippen LogP contribution in [-0.4, -0.2) is 0 Å². The molecule has 0 aliphatic rings. The minimum atomic E-state index is -0.241. The lowest BCUT2D eigenvalue weighted by Crippen LogP contribution is -1.98. The topological polar surface area (TPSA) is 61.3 Å². The van der Waals surface area contributed by atoms with E-state index in [1.807, 2.05) is 36.4 Å². The van der Waals surface area contributed by atoms with Crippen molar-refractivity contribution >= 4 is 11.4 Å². The van der Waals surface area contributed by atoms with E-state index in [1.54, 1.807) is 18.2 Å². The molecule has 0 atom stereocenters. The third kappa shape index (κ3) is 3.80. The first-order valence-corrected chi connectivity index (χ1v) is 7.24. The van der Waals surface area contributed by atoms with E-state index in [0.29, 0.717) is 18.0 Å². The van der Waals surface area contributed by atoms with Crippen LogP contribution in [0.4, 0.5) is 15.8 Å². The number of hydrogen-bond acceptors (Lipinski definition) is 3. The number of benzene rings is 3. The van der Waals surface area contributed by atoms with E-state index in [-0.39, 0.29) is 5.82 Å². The molecule has 0 aliphatic carbocycles. The van der Waals surface area contributed by atoms with Gasteiger partial charge in [0.2, 0.25) is 0 Å². The normalized spacial score (nSPS) is 10.5. The van der Waals surface area contributed by atoms with Crippen molar-refractivity contribution in [2.75, 3.05) is 11.5 Å². The minimum Gasteiger partial charge on any atom is -0.489 e. The summed E-state index contributed by atoms with van der Waals surface area (Å²) in [7, 11) is 0. The zero-order valence-corrected chi connectivity index (χ0v) is 12.5. The summed E-state index contributed by atoms with van der Waals surface area (Å²) in [5, 5.41) is 0. The average molecular weight is 308 g/mol. The van der Waals surface area contributed by atoms with Gasteiger partial charge in [0.15, 0.2) is 0 Å². The van der Waals surface area contributed by atoms with Crippen LogP contribution in [0.25, 0.3) is 11.1 Å². The maximum atomic E-state index is 12.9. The van der Waals surface area contributed by atoms with Crippen molar-refractivity contribution in [2.24, 2.45) is 0 Å². The highest BCUT2D eigenvalue weighted by Gasteiger charge is 2.01. The predicted octanol–water partition coefficient (Wildman–Crippen LogP) is 4.24. The standard InChI is InChI=1S/C19H17FN2O/c20-16-5-1-14(2-6-16)15-3-7-19(8-4-15)23-12-13-9-17(21)11-18(22)10-13/h1-11H,12,21-22H2. The van der Waals surface area contributed by atoms with Crippen molar-refractivity contribution in [3.05, 3.63) is 78.1 Å².